The minimum atomic E-state index is -0.576. The van der Waals surface area contributed by atoms with Crippen LogP contribution in [0, 0.1) is 17.0 Å². The number of benzene rings is 2. The first kappa shape index (κ1) is 20.4. The highest BCUT2D eigenvalue weighted by Crippen LogP contribution is 2.31. The van der Waals surface area contributed by atoms with Gasteiger partial charge in [0.15, 0.2) is 0 Å². The summed E-state index contributed by atoms with van der Waals surface area (Å²) in [6.45, 7) is 2.11. The first-order valence-electron chi connectivity index (χ1n) is 9.26. The van der Waals surface area contributed by atoms with Crippen LogP contribution in [0.25, 0.3) is 17.4 Å². The topological polar surface area (TPSA) is 106 Å². The lowest BCUT2D eigenvalue weighted by atomic mass is 10.1. The molecule has 0 atom stereocenters. The zero-order chi connectivity index (χ0) is 22.1. The minimum Gasteiger partial charge on any atom is -0.457 e. The number of hydrogen-bond donors (Lipinski definition) is 1. The molecule has 3 amide bonds. The maximum Gasteiger partial charge on any atom is 0.329 e. The van der Waals surface area contributed by atoms with E-state index in [0.717, 1.165) is 16.0 Å². The van der Waals surface area contributed by atoms with Gasteiger partial charge in [0, 0.05) is 17.7 Å². The van der Waals surface area contributed by atoms with Crippen molar-refractivity contribution in [3.05, 3.63) is 92.3 Å². The van der Waals surface area contributed by atoms with E-state index in [2.05, 4.69) is 5.32 Å². The Bertz CT molecular complexity index is 1230. The van der Waals surface area contributed by atoms with E-state index in [0.29, 0.717) is 17.1 Å². The molecule has 0 radical (unpaired) electrons. The summed E-state index contributed by atoms with van der Waals surface area (Å²) in [5.74, 6) is 0.207. The number of carbonyl (C=O) groups excluding carboxylic acids is 2. The van der Waals surface area contributed by atoms with Crippen molar-refractivity contribution in [2.45, 2.75) is 13.5 Å². The van der Waals surface area contributed by atoms with Gasteiger partial charge in [-0.1, -0.05) is 41.4 Å². The quantitative estimate of drug-likeness (QED) is 0.264. The summed E-state index contributed by atoms with van der Waals surface area (Å²) in [5, 5.41) is 13.7. The standard InChI is InChI=1S/C22H16ClN3O5/c1-13-2-4-14(5-3-13)12-25-21(27)18(24-22(25)28)11-16-7-9-20(31-16)15-6-8-17(23)19(10-15)26(29)30/h2-11H,12H2,1H3,(H,24,28)/b18-11-. The van der Waals surface area contributed by atoms with Gasteiger partial charge in [0.25, 0.3) is 11.6 Å². The molecule has 2 aromatic carbocycles. The molecule has 3 aromatic rings. The third-order valence-electron chi connectivity index (χ3n) is 4.76. The van der Waals surface area contributed by atoms with Crippen LogP contribution >= 0.6 is 11.6 Å². The molecule has 1 aliphatic heterocycles. The zero-order valence-corrected chi connectivity index (χ0v) is 17.1. The van der Waals surface area contributed by atoms with Crippen molar-refractivity contribution < 1.29 is 18.9 Å². The van der Waals surface area contributed by atoms with Gasteiger partial charge in [-0.15, -0.1) is 0 Å². The van der Waals surface area contributed by atoms with Crippen LogP contribution < -0.4 is 5.32 Å². The monoisotopic (exact) mass is 437 g/mol. The average Bonchev–Trinajstić information content (AvgIpc) is 3.30. The molecule has 1 aliphatic rings. The van der Waals surface area contributed by atoms with Crippen LogP contribution in [0.15, 0.2) is 64.7 Å². The maximum atomic E-state index is 12.7. The van der Waals surface area contributed by atoms with E-state index in [1.165, 1.54) is 18.2 Å². The smallest absolute Gasteiger partial charge is 0.329 e. The van der Waals surface area contributed by atoms with Gasteiger partial charge in [0.1, 0.15) is 22.2 Å². The van der Waals surface area contributed by atoms with Crippen LogP contribution in [-0.2, 0) is 11.3 Å². The van der Waals surface area contributed by atoms with Crippen LogP contribution in [-0.4, -0.2) is 21.8 Å². The van der Waals surface area contributed by atoms with Gasteiger partial charge in [-0.2, -0.15) is 0 Å². The molecule has 156 valence electrons. The number of carbonyl (C=O) groups is 2. The Morgan fingerprint density at radius 1 is 1.13 bits per heavy atom. The van der Waals surface area contributed by atoms with Crippen LogP contribution in [0.1, 0.15) is 16.9 Å². The predicted molar refractivity (Wildman–Crippen MR) is 114 cm³/mol. The first-order chi connectivity index (χ1) is 14.8. The third kappa shape index (κ3) is 4.19. The highest BCUT2D eigenvalue weighted by atomic mass is 35.5. The minimum absolute atomic E-state index is 0.0237. The molecule has 31 heavy (non-hydrogen) atoms. The van der Waals surface area contributed by atoms with E-state index in [4.69, 9.17) is 16.0 Å². The lowest BCUT2D eigenvalue weighted by Gasteiger charge is -2.11. The molecule has 0 aliphatic carbocycles. The van der Waals surface area contributed by atoms with Crippen molar-refractivity contribution in [2.24, 2.45) is 0 Å². The SMILES string of the molecule is Cc1ccc(CN2C(=O)N/C(=C\c3ccc(-c4ccc(Cl)c([N+](=O)[O-])c4)o3)C2=O)cc1. The zero-order valence-electron chi connectivity index (χ0n) is 16.3. The Kier molecular flexibility index (Phi) is 5.31. The molecule has 1 aromatic heterocycles. The number of aryl methyl sites for hydroxylation is 1. The summed E-state index contributed by atoms with van der Waals surface area (Å²) in [6, 6.07) is 14.6. The largest absolute Gasteiger partial charge is 0.457 e. The van der Waals surface area contributed by atoms with Crippen molar-refractivity contribution in [3.8, 4) is 11.3 Å². The van der Waals surface area contributed by atoms with E-state index in [1.807, 2.05) is 31.2 Å². The van der Waals surface area contributed by atoms with Gasteiger partial charge in [0.05, 0.1) is 11.5 Å². The van der Waals surface area contributed by atoms with E-state index in [1.54, 1.807) is 18.2 Å². The van der Waals surface area contributed by atoms with Crippen LogP contribution in [0.2, 0.25) is 5.02 Å². The van der Waals surface area contributed by atoms with Crippen molar-refractivity contribution in [1.82, 2.24) is 10.2 Å². The van der Waals surface area contributed by atoms with Crippen molar-refractivity contribution in [3.63, 3.8) is 0 Å². The summed E-state index contributed by atoms with van der Waals surface area (Å²) < 4.78 is 5.69. The molecule has 1 N–H and O–H groups in total. The average molecular weight is 438 g/mol. The van der Waals surface area contributed by atoms with Crippen molar-refractivity contribution in [1.29, 1.82) is 0 Å². The first-order valence-corrected chi connectivity index (χ1v) is 9.64. The fraction of sp³-hybridized carbons (Fsp3) is 0.0909. The Labute approximate surface area is 181 Å². The molecule has 4 rings (SSSR count). The number of nitrogens with zero attached hydrogens (tertiary/aromatic N) is 2. The number of nitrogens with one attached hydrogen (secondary N) is 1. The summed E-state index contributed by atoms with van der Waals surface area (Å²) in [5.41, 5.74) is 2.23. The number of imide groups is 1. The van der Waals surface area contributed by atoms with Gasteiger partial charge in [-0.25, -0.2) is 4.79 Å². The molecular formula is C22H16ClN3O5. The normalized spacial score (nSPS) is 14.9. The molecule has 0 saturated carbocycles. The lowest BCUT2D eigenvalue weighted by molar-refractivity contribution is -0.384. The van der Waals surface area contributed by atoms with E-state index >= 15 is 0 Å². The number of rotatable bonds is 5. The number of amides is 3. The van der Waals surface area contributed by atoms with Crippen molar-refractivity contribution >= 4 is 35.3 Å². The van der Waals surface area contributed by atoms with E-state index in [9.17, 15) is 19.7 Å². The third-order valence-corrected chi connectivity index (χ3v) is 5.08. The highest BCUT2D eigenvalue weighted by Gasteiger charge is 2.33. The fourth-order valence-corrected chi connectivity index (χ4v) is 3.31. The Morgan fingerprint density at radius 3 is 2.58 bits per heavy atom. The number of furan rings is 1. The van der Waals surface area contributed by atoms with Gasteiger partial charge < -0.3 is 9.73 Å². The van der Waals surface area contributed by atoms with Crippen molar-refractivity contribution in [2.75, 3.05) is 0 Å². The number of hydrogen-bond acceptors (Lipinski definition) is 5. The molecule has 0 spiro atoms. The number of halogens is 1. The molecule has 2 heterocycles. The number of nitro groups is 1. The van der Waals surface area contributed by atoms with Gasteiger partial charge in [-0.05, 0) is 36.8 Å². The summed E-state index contributed by atoms with van der Waals surface area (Å²) in [7, 11) is 0. The number of nitro benzene ring substituents is 1. The summed E-state index contributed by atoms with van der Waals surface area (Å²) >= 11 is 5.84. The molecule has 8 nitrogen and oxygen atoms in total. The molecular weight excluding hydrogens is 422 g/mol. The second-order valence-corrected chi connectivity index (χ2v) is 7.40. The molecule has 0 bridgehead atoms. The van der Waals surface area contributed by atoms with Gasteiger partial charge in [0.2, 0.25) is 0 Å². The molecule has 0 unspecified atom stereocenters. The maximum absolute atomic E-state index is 12.7. The second kappa shape index (κ2) is 8.08. The van der Waals surface area contributed by atoms with Crippen LogP contribution in [0.3, 0.4) is 0 Å². The number of urea groups is 1. The molecule has 1 fully saturated rings. The van der Waals surface area contributed by atoms with E-state index in [-0.39, 0.29) is 23.0 Å². The molecule has 1 saturated heterocycles. The lowest BCUT2D eigenvalue weighted by Crippen LogP contribution is -2.30. The van der Waals surface area contributed by atoms with E-state index < -0.39 is 16.9 Å². The summed E-state index contributed by atoms with van der Waals surface area (Å²) in [4.78, 5) is 36.6. The Balaban J connectivity index is 1.55. The van der Waals surface area contributed by atoms with Crippen LogP contribution in [0.5, 0.6) is 0 Å². The fourth-order valence-electron chi connectivity index (χ4n) is 3.12. The second-order valence-electron chi connectivity index (χ2n) is 6.99. The highest BCUT2D eigenvalue weighted by molar-refractivity contribution is 6.32. The summed E-state index contributed by atoms with van der Waals surface area (Å²) in [6.07, 6.45) is 1.42. The molecule has 9 heteroatoms. The predicted octanol–water partition coefficient (Wildman–Crippen LogP) is 4.91. The van der Waals surface area contributed by atoms with Crippen LogP contribution in [0.4, 0.5) is 10.5 Å². The van der Waals surface area contributed by atoms with Gasteiger partial charge in [-0.3, -0.25) is 19.8 Å². The van der Waals surface area contributed by atoms with Gasteiger partial charge >= 0.3 is 6.03 Å². The Hall–Kier alpha value is -3.91. The Morgan fingerprint density at radius 2 is 1.87 bits per heavy atom.